The molecule has 55 heavy (non-hydrogen) atoms. The van der Waals surface area contributed by atoms with E-state index in [9.17, 15) is 46.0 Å². The molecule has 0 radical (unpaired) electrons. The van der Waals surface area contributed by atoms with Crippen molar-refractivity contribution in [3.05, 3.63) is 11.6 Å². The molecule has 0 aromatic rings. The normalized spacial score (nSPS) is 53.4. The molecular weight excluding hydrogens is 712 g/mol. The van der Waals surface area contributed by atoms with Crippen LogP contribution in [0.2, 0.25) is 0 Å². The average Bonchev–Trinajstić information content (AvgIpc) is 3.49. The maximum absolute atomic E-state index is 12.3. The monoisotopic (exact) mass is 784 g/mol. The van der Waals surface area contributed by atoms with Gasteiger partial charge in [-0.2, -0.15) is 0 Å². The van der Waals surface area contributed by atoms with Crippen molar-refractivity contribution in [3.8, 4) is 0 Å². The number of rotatable bonds is 9. The highest BCUT2D eigenvalue weighted by Gasteiger charge is 2.73. The molecule has 4 saturated carbocycles. The minimum absolute atomic E-state index is 0.0411. The lowest BCUT2D eigenvalue weighted by atomic mass is 9.34. The van der Waals surface area contributed by atoms with Gasteiger partial charge in [-0.3, -0.25) is 0 Å². The summed E-state index contributed by atoms with van der Waals surface area (Å²) in [6.07, 6.45) is -8.99. The third-order valence-electron chi connectivity index (χ3n) is 16.5. The largest absolute Gasteiger partial charge is 0.394 e. The Morgan fingerprint density at radius 1 is 0.818 bits per heavy atom. The van der Waals surface area contributed by atoms with Crippen molar-refractivity contribution in [2.24, 2.45) is 45.3 Å². The lowest BCUT2D eigenvalue weighted by Gasteiger charge is -2.72. The van der Waals surface area contributed by atoms with Gasteiger partial charge in [0.1, 0.15) is 42.7 Å². The summed E-state index contributed by atoms with van der Waals surface area (Å²) < 4.78 is 25.1. The Morgan fingerprint density at radius 2 is 1.49 bits per heavy atom. The maximum Gasteiger partial charge on any atom is 0.187 e. The molecule has 13 heteroatoms. The minimum Gasteiger partial charge on any atom is -0.394 e. The first-order valence-corrected chi connectivity index (χ1v) is 20.8. The molecule has 0 aromatic heterocycles. The van der Waals surface area contributed by atoms with E-state index in [-0.39, 0.29) is 23.7 Å². The first-order valence-electron chi connectivity index (χ1n) is 20.8. The van der Waals surface area contributed by atoms with E-state index in [1.807, 2.05) is 20.8 Å². The highest BCUT2D eigenvalue weighted by molar-refractivity contribution is 5.22. The smallest absolute Gasteiger partial charge is 0.187 e. The van der Waals surface area contributed by atoms with Gasteiger partial charge in [0.15, 0.2) is 12.6 Å². The molecule has 4 aliphatic carbocycles. The summed E-state index contributed by atoms with van der Waals surface area (Å²) in [5.41, 5.74) is -1.71. The van der Waals surface area contributed by atoms with Crippen LogP contribution < -0.4 is 0 Å². The zero-order valence-corrected chi connectivity index (χ0v) is 34.4. The Labute approximate surface area is 327 Å². The van der Waals surface area contributed by atoms with E-state index in [4.69, 9.17) is 18.9 Å². The third-order valence-corrected chi connectivity index (χ3v) is 16.5. The van der Waals surface area contributed by atoms with Crippen molar-refractivity contribution in [1.82, 2.24) is 0 Å². The molecular formula is C42H72O13. The molecule has 0 spiro atoms. The second-order valence-corrected chi connectivity index (χ2v) is 20.3. The van der Waals surface area contributed by atoms with Crippen LogP contribution in [0, 0.1) is 45.3 Å². The van der Waals surface area contributed by atoms with Crippen LogP contribution >= 0.6 is 0 Å². The lowest BCUT2D eigenvalue weighted by Crippen LogP contribution is -2.71. The van der Waals surface area contributed by atoms with Crippen LogP contribution in [0.25, 0.3) is 0 Å². The van der Waals surface area contributed by atoms with Gasteiger partial charge < -0.3 is 64.9 Å². The fourth-order valence-electron chi connectivity index (χ4n) is 13.3. The van der Waals surface area contributed by atoms with Gasteiger partial charge in [0.05, 0.1) is 36.6 Å². The Bertz CT molecular complexity index is 1390. The van der Waals surface area contributed by atoms with Gasteiger partial charge in [-0.05, 0) is 124 Å². The molecule has 0 bridgehead atoms. The molecule has 17 unspecified atom stereocenters. The average molecular weight is 785 g/mol. The van der Waals surface area contributed by atoms with E-state index in [1.54, 1.807) is 0 Å². The van der Waals surface area contributed by atoms with E-state index >= 15 is 0 Å². The Morgan fingerprint density at radius 3 is 2.13 bits per heavy atom. The van der Waals surface area contributed by atoms with Gasteiger partial charge in [0, 0.05) is 0 Å². The zero-order chi connectivity index (χ0) is 40.8. The van der Waals surface area contributed by atoms with Gasteiger partial charge in [-0.1, -0.05) is 46.3 Å². The summed E-state index contributed by atoms with van der Waals surface area (Å²) in [5.74, 6) is -0.526. The van der Waals surface area contributed by atoms with Gasteiger partial charge in [0.2, 0.25) is 0 Å². The molecule has 2 heterocycles. The van der Waals surface area contributed by atoms with E-state index in [1.165, 1.54) is 12.5 Å². The fourth-order valence-corrected chi connectivity index (χ4v) is 13.3. The molecule has 318 valence electrons. The van der Waals surface area contributed by atoms with E-state index in [0.717, 1.165) is 19.3 Å². The molecule has 9 N–H and O–H groups in total. The summed E-state index contributed by atoms with van der Waals surface area (Å²) in [6, 6.07) is 0. The van der Waals surface area contributed by atoms with Crippen LogP contribution in [0.15, 0.2) is 11.6 Å². The van der Waals surface area contributed by atoms with Crippen molar-refractivity contribution >= 4 is 0 Å². The van der Waals surface area contributed by atoms with E-state index < -0.39 is 114 Å². The predicted molar refractivity (Wildman–Crippen MR) is 201 cm³/mol. The minimum atomic E-state index is -1.70. The van der Waals surface area contributed by atoms with Crippen molar-refractivity contribution in [2.45, 2.75) is 199 Å². The molecule has 2 saturated heterocycles. The molecule has 6 fully saturated rings. The molecule has 0 aromatic carbocycles. The van der Waals surface area contributed by atoms with Gasteiger partial charge >= 0.3 is 0 Å². The van der Waals surface area contributed by atoms with Crippen LogP contribution in [-0.4, -0.2) is 138 Å². The summed E-state index contributed by atoms with van der Waals surface area (Å²) >= 11 is 0. The van der Waals surface area contributed by atoms with Crippen LogP contribution in [0.5, 0.6) is 0 Å². The Balaban J connectivity index is 1.38. The van der Waals surface area contributed by atoms with Crippen LogP contribution in [0.1, 0.15) is 114 Å². The predicted octanol–water partition coefficient (Wildman–Crippen LogP) is 2.15. The number of fused-ring (bicyclic) bond motifs is 5. The second kappa shape index (κ2) is 15.4. The van der Waals surface area contributed by atoms with Crippen LogP contribution in [0.3, 0.4) is 0 Å². The Kier molecular flexibility index (Phi) is 12.2. The molecule has 0 amide bonds. The SMILES string of the molecule is CC(C)=CCC[C@@](C)(O)C1CC[C@]2(C)C1C(O)CC1[C@@]3(C)CCC(O)C(C)(C)C3C(OC3OC(CO)C(O)C(O)C3OC3OC(C)C(O)C(O)C3O)C[C@]12C. The zero-order valence-electron chi connectivity index (χ0n) is 34.4. The topological polar surface area (TPSA) is 219 Å². The lowest BCUT2D eigenvalue weighted by molar-refractivity contribution is -0.382. The van der Waals surface area contributed by atoms with Crippen molar-refractivity contribution in [3.63, 3.8) is 0 Å². The van der Waals surface area contributed by atoms with Gasteiger partial charge in [-0.25, -0.2) is 0 Å². The van der Waals surface area contributed by atoms with Crippen molar-refractivity contribution in [1.29, 1.82) is 0 Å². The summed E-state index contributed by atoms with van der Waals surface area (Å²) in [4.78, 5) is 0. The fraction of sp³-hybridized carbons (Fsp3) is 0.952. The number of hydrogen-bond donors (Lipinski definition) is 9. The van der Waals surface area contributed by atoms with Crippen molar-refractivity contribution in [2.75, 3.05) is 6.61 Å². The highest BCUT2D eigenvalue weighted by atomic mass is 16.8. The second-order valence-electron chi connectivity index (χ2n) is 20.3. The first kappa shape index (κ1) is 43.8. The molecule has 6 rings (SSSR count). The molecule has 21 atom stereocenters. The van der Waals surface area contributed by atoms with Gasteiger partial charge in [-0.15, -0.1) is 0 Å². The van der Waals surface area contributed by atoms with E-state index in [2.05, 4.69) is 40.7 Å². The number of ether oxygens (including phenoxy) is 4. The summed E-state index contributed by atoms with van der Waals surface area (Å²) in [5, 5.41) is 100. The highest BCUT2D eigenvalue weighted by Crippen LogP contribution is 2.76. The van der Waals surface area contributed by atoms with Crippen molar-refractivity contribution < 1.29 is 64.9 Å². The first-order chi connectivity index (χ1) is 25.5. The molecule has 2 aliphatic heterocycles. The quantitative estimate of drug-likeness (QED) is 0.121. The molecule has 6 aliphatic rings. The third kappa shape index (κ3) is 7.10. The Hall–Kier alpha value is -0.780. The number of allylic oxidation sites excluding steroid dienone is 2. The number of aliphatic hydroxyl groups is 9. The van der Waals surface area contributed by atoms with Gasteiger partial charge in [0.25, 0.3) is 0 Å². The maximum atomic E-state index is 12.3. The van der Waals surface area contributed by atoms with Crippen LogP contribution in [-0.2, 0) is 18.9 Å². The standard InChI is InChI=1S/C42H72O13/c1-20(2)11-10-14-42(9,51)22-12-16-40(7)28(22)23(44)17-26-39(6)15-13-27(45)38(4,5)35(39)24(18-41(26,40)8)53-37-34(32(49)30(47)25(19-43)54-37)55-36-33(50)31(48)29(46)21(3)52-36/h11,21-37,43-51H,10,12-19H2,1-9H3/t21?,22?,23?,24?,25?,26?,27?,28?,29?,30?,31?,32?,33?,34?,35?,36?,37?,39-,40-,41-,42-/m1/s1. The number of aliphatic hydroxyl groups excluding tert-OH is 8. The van der Waals surface area contributed by atoms with E-state index in [0.29, 0.717) is 32.1 Å². The molecule has 13 nitrogen and oxygen atoms in total. The van der Waals surface area contributed by atoms with Crippen LogP contribution in [0.4, 0.5) is 0 Å². The summed E-state index contributed by atoms with van der Waals surface area (Å²) in [7, 11) is 0. The summed E-state index contributed by atoms with van der Waals surface area (Å²) in [6.45, 7) is 17.8. The number of hydrogen-bond acceptors (Lipinski definition) is 13.